The molecule has 3 aromatic rings. The molecule has 0 radical (unpaired) electrons. The van der Waals surface area contributed by atoms with Crippen LogP contribution in [0.2, 0.25) is 0 Å². The molecule has 4 rings (SSSR count). The van der Waals surface area contributed by atoms with Crippen LogP contribution in [0.3, 0.4) is 0 Å². The van der Waals surface area contributed by atoms with Gasteiger partial charge in [0.05, 0.1) is 10.7 Å². The maximum atomic E-state index is 12.8. The zero-order valence-corrected chi connectivity index (χ0v) is 15.2. The molecule has 8 nitrogen and oxygen atoms in total. The van der Waals surface area contributed by atoms with Crippen LogP contribution in [-0.4, -0.2) is 24.1 Å². The molecule has 142 valence electrons. The van der Waals surface area contributed by atoms with E-state index in [0.29, 0.717) is 0 Å². The summed E-state index contributed by atoms with van der Waals surface area (Å²) in [6.07, 6.45) is 0.486. The van der Waals surface area contributed by atoms with Crippen molar-refractivity contribution in [1.29, 1.82) is 0 Å². The smallest absolute Gasteiger partial charge is 0.287 e. The van der Waals surface area contributed by atoms with Crippen molar-refractivity contribution in [3.05, 3.63) is 82.5 Å². The molecule has 28 heavy (non-hydrogen) atoms. The molecule has 0 N–H and O–H groups in total. The highest BCUT2D eigenvalue weighted by atomic mass is 32.2. The second-order valence-corrected chi connectivity index (χ2v) is 8.12. The first-order valence-corrected chi connectivity index (χ1v) is 9.94. The molecule has 0 saturated heterocycles. The van der Waals surface area contributed by atoms with Crippen molar-refractivity contribution in [1.82, 2.24) is 4.98 Å². The standard InChI is InChI=1S/C19H14N2O6S/c22-21(23)14-6-9-19(20-11-14)26-15-7-8-16-18(10-15)28(24,25)12-17(27-16)13-4-2-1-3-5-13/h1-11,17H,12H2. The fourth-order valence-corrected chi connectivity index (χ4v) is 4.42. The summed E-state index contributed by atoms with van der Waals surface area (Å²) in [6.45, 7) is 0. The lowest BCUT2D eigenvalue weighted by molar-refractivity contribution is -0.385. The summed E-state index contributed by atoms with van der Waals surface area (Å²) in [5.41, 5.74) is 0.618. The molecule has 0 spiro atoms. The van der Waals surface area contributed by atoms with Crippen molar-refractivity contribution >= 4 is 15.5 Å². The van der Waals surface area contributed by atoms with E-state index in [4.69, 9.17) is 9.47 Å². The number of benzene rings is 2. The Kier molecular flexibility index (Phi) is 4.44. The zero-order chi connectivity index (χ0) is 19.7. The molecule has 0 bridgehead atoms. The average Bonchev–Trinajstić information content (AvgIpc) is 2.69. The number of nitrogens with zero attached hydrogens (tertiary/aromatic N) is 2. The molecule has 9 heteroatoms. The highest BCUT2D eigenvalue weighted by Gasteiger charge is 2.33. The monoisotopic (exact) mass is 398 g/mol. The van der Waals surface area contributed by atoms with Crippen LogP contribution in [0.25, 0.3) is 0 Å². The fourth-order valence-electron chi connectivity index (χ4n) is 2.86. The molecule has 2 aromatic carbocycles. The van der Waals surface area contributed by atoms with E-state index >= 15 is 0 Å². The Morgan fingerprint density at radius 1 is 1.11 bits per heavy atom. The molecule has 0 fully saturated rings. The summed E-state index contributed by atoms with van der Waals surface area (Å²) in [4.78, 5) is 14.0. The van der Waals surface area contributed by atoms with Crippen molar-refractivity contribution < 1.29 is 22.8 Å². The number of hydrogen-bond acceptors (Lipinski definition) is 7. The van der Waals surface area contributed by atoms with E-state index in [1.54, 1.807) is 6.07 Å². The summed E-state index contributed by atoms with van der Waals surface area (Å²) in [7, 11) is -3.59. The van der Waals surface area contributed by atoms with Gasteiger partial charge in [-0.2, -0.15) is 0 Å². The Balaban J connectivity index is 1.61. The first kappa shape index (κ1) is 17.9. The molecule has 1 unspecified atom stereocenters. The van der Waals surface area contributed by atoms with Crippen LogP contribution in [0, 0.1) is 10.1 Å². The molecule has 0 aliphatic carbocycles. The predicted octanol–water partition coefficient (Wildman–Crippen LogP) is 3.69. The molecule has 0 saturated carbocycles. The van der Waals surface area contributed by atoms with Crippen LogP contribution in [-0.2, 0) is 9.84 Å². The summed E-state index contributed by atoms with van der Waals surface area (Å²) in [5.74, 6) is 0.430. The lowest BCUT2D eigenvalue weighted by atomic mass is 10.1. The number of pyridine rings is 1. The van der Waals surface area contributed by atoms with Crippen molar-refractivity contribution in [2.75, 3.05) is 5.75 Å². The van der Waals surface area contributed by atoms with Gasteiger partial charge in [-0.3, -0.25) is 10.1 Å². The van der Waals surface area contributed by atoms with Gasteiger partial charge in [0.2, 0.25) is 5.88 Å². The van der Waals surface area contributed by atoms with Crippen molar-refractivity contribution in [3.63, 3.8) is 0 Å². The van der Waals surface area contributed by atoms with Gasteiger partial charge in [-0.25, -0.2) is 13.4 Å². The van der Waals surface area contributed by atoms with Gasteiger partial charge in [0.15, 0.2) is 9.84 Å². The highest BCUT2D eigenvalue weighted by molar-refractivity contribution is 7.91. The number of ether oxygens (including phenoxy) is 2. The summed E-state index contributed by atoms with van der Waals surface area (Å²) in [5, 5.41) is 10.7. The quantitative estimate of drug-likeness (QED) is 0.487. The van der Waals surface area contributed by atoms with E-state index in [2.05, 4.69) is 4.98 Å². The molecular weight excluding hydrogens is 384 g/mol. The number of hydrogen-bond donors (Lipinski definition) is 0. The Labute approximate surface area is 160 Å². The number of fused-ring (bicyclic) bond motifs is 1. The third-order valence-electron chi connectivity index (χ3n) is 4.22. The molecule has 1 aliphatic heterocycles. The Hall–Kier alpha value is -3.46. The van der Waals surface area contributed by atoms with Crippen LogP contribution in [0.5, 0.6) is 17.4 Å². The van der Waals surface area contributed by atoms with Crippen LogP contribution < -0.4 is 9.47 Å². The van der Waals surface area contributed by atoms with E-state index in [1.807, 2.05) is 30.3 Å². The maximum Gasteiger partial charge on any atom is 0.287 e. The molecular formula is C19H14N2O6S. The summed E-state index contributed by atoms with van der Waals surface area (Å²) >= 11 is 0. The van der Waals surface area contributed by atoms with Crippen LogP contribution in [0.15, 0.2) is 71.8 Å². The van der Waals surface area contributed by atoms with Crippen LogP contribution >= 0.6 is 0 Å². The second kappa shape index (κ2) is 6.93. The van der Waals surface area contributed by atoms with Crippen molar-refractivity contribution in [2.24, 2.45) is 0 Å². The van der Waals surface area contributed by atoms with Gasteiger partial charge in [-0.05, 0) is 17.7 Å². The lowest BCUT2D eigenvalue weighted by Gasteiger charge is -2.26. The van der Waals surface area contributed by atoms with Gasteiger partial charge in [-0.15, -0.1) is 0 Å². The normalized spacial score (nSPS) is 17.2. The first-order chi connectivity index (χ1) is 13.4. The minimum atomic E-state index is -3.59. The average molecular weight is 398 g/mol. The SMILES string of the molecule is O=[N+]([O-])c1ccc(Oc2ccc3c(c2)S(=O)(=O)CC(c2ccccc2)O3)nc1. The van der Waals surface area contributed by atoms with E-state index in [9.17, 15) is 18.5 Å². The Morgan fingerprint density at radius 3 is 2.57 bits per heavy atom. The number of rotatable bonds is 4. The van der Waals surface area contributed by atoms with E-state index < -0.39 is 20.9 Å². The van der Waals surface area contributed by atoms with E-state index in [0.717, 1.165) is 11.8 Å². The van der Waals surface area contributed by atoms with Crippen LogP contribution in [0.4, 0.5) is 5.69 Å². The Bertz CT molecular complexity index is 1130. The third-order valence-corrected chi connectivity index (χ3v) is 5.95. The van der Waals surface area contributed by atoms with Gasteiger partial charge in [-0.1, -0.05) is 30.3 Å². The van der Waals surface area contributed by atoms with E-state index in [1.165, 1.54) is 24.3 Å². The van der Waals surface area contributed by atoms with Gasteiger partial charge >= 0.3 is 0 Å². The van der Waals surface area contributed by atoms with E-state index in [-0.39, 0.29) is 33.7 Å². The van der Waals surface area contributed by atoms with Gasteiger partial charge < -0.3 is 9.47 Å². The molecule has 1 aromatic heterocycles. The molecule has 2 heterocycles. The summed E-state index contributed by atoms with van der Waals surface area (Å²) in [6, 6.07) is 16.2. The first-order valence-electron chi connectivity index (χ1n) is 8.29. The van der Waals surface area contributed by atoms with Gasteiger partial charge in [0, 0.05) is 18.2 Å². The minimum Gasteiger partial charge on any atom is -0.483 e. The number of aromatic nitrogens is 1. The minimum absolute atomic E-state index is 0.0408. The highest BCUT2D eigenvalue weighted by Crippen LogP contribution is 2.39. The fraction of sp³-hybridized carbons (Fsp3) is 0.105. The number of nitro groups is 1. The van der Waals surface area contributed by atoms with Gasteiger partial charge in [0.25, 0.3) is 5.69 Å². The van der Waals surface area contributed by atoms with Crippen LogP contribution in [0.1, 0.15) is 11.7 Å². The Morgan fingerprint density at radius 2 is 1.89 bits per heavy atom. The zero-order valence-electron chi connectivity index (χ0n) is 14.4. The third kappa shape index (κ3) is 3.52. The largest absolute Gasteiger partial charge is 0.483 e. The van der Waals surface area contributed by atoms with Crippen molar-refractivity contribution in [2.45, 2.75) is 11.0 Å². The van der Waals surface area contributed by atoms with Crippen molar-refractivity contribution in [3.8, 4) is 17.4 Å². The molecule has 1 aliphatic rings. The lowest BCUT2D eigenvalue weighted by Crippen LogP contribution is -2.25. The predicted molar refractivity (Wildman–Crippen MR) is 99.3 cm³/mol. The summed E-state index contributed by atoms with van der Waals surface area (Å²) < 4.78 is 36.9. The maximum absolute atomic E-state index is 12.8. The topological polar surface area (TPSA) is 109 Å². The number of sulfone groups is 1. The molecule has 0 amide bonds. The second-order valence-electron chi connectivity index (χ2n) is 6.12. The molecule has 1 atom stereocenters. The van der Waals surface area contributed by atoms with Gasteiger partial charge in [0.1, 0.15) is 28.7 Å².